The third kappa shape index (κ3) is 2.50. The second kappa shape index (κ2) is 4.62. The van der Waals surface area contributed by atoms with Gasteiger partial charge in [-0.1, -0.05) is 11.6 Å². The molecule has 0 unspecified atom stereocenters. The van der Waals surface area contributed by atoms with E-state index in [-0.39, 0.29) is 0 Å². The molecule has 0 N–H and O–H groups in total. The van der Waals surface area contributed by atoms with Crippen LogP contribution in [0.25, 0.3) is 0 Å². The minimum Gasteiger partial charge on any atom is -0.353 e. The van der Waals surface area contributed by atoms with E-state index < -0.39 is 0 Å². The molecule has 0 saturated heterocycles. The van der Waals surface area contributed by atoms with Crippen LogP contribution in [0.2, 0.25) is 5.15 Å². The number of nitrogens with zero attached hydrogens (tertiary/aromatic N) is 3. The topological polar surface area (TPSA) is 29.0 Å². The fourth-order valence-electron chi connectivity index (χ4n) is 2.12. The van der Waals surface area contributed by atoms with Gasteiger partial charge < -0.3 is 4.90 Å². The molecule has 0 aliphatic heterocycles. The molecule has 0 aromatic carbocycles. The highest BCUT2D eigenvalue weighted by Gasteiger charge is 2.35. The fourth-order valence-corrected chi connectivity index (χ4v) is 2.63. The molecular weight excluding hydrogens is 257 g/mol. The van der Waals surface area contributed by atoms with Gasteiger partial charge in [-0.25, -0.2) is 9.97 Å². The lowest BCUT2D eigenvalue weighted by molar-refractivity contribution is 0.704. The van der Waals surface area contributed by atoms with Gasteiger partial charge in [-0.2, -0.15) is 0 Å². The maximum absolute atomic E-state index is 6.09. The predicted molar refractivity (Wildman–Crippen MR) is 69.7 cm³/mol. The molecule has 17 heavy (non-hydrogen) atoms. The van der Waals surface area contributed by atoms with E-state index in [0.717, 1.165) is 23.8 Å². The molecule has 0 spiro atoms. The Labute approximate surface area is 111 Å². The largest absolute Gasteiger partial charge is 0.353 e. The number of rotatable bonds is 5. The Bertz CT molecular complexity index is 416. The van der Waals surface area contributed by atoms with Crippen molar-refractivity contribution in [2.45, 2.75) is 37.6 Å². The minimum absolute atomic E-state index is 0.378. The molecule has 2 fully saturated rings. The molecule has 0 radical (unpaired) electrons. The molecular formula is C12H15Cl2N3. The molecule has 0 atom stereocenters. The summed E-state index contributed by atoms with van der Waals surface area (Å²) in [6.07, 6.45) is 6.75. The highest BCUT2D eigenvalue weighted by Crippen LogP contribution is 2.39. The summed E-state index contributed by atoms with van der Waals surface area (Å²) in [6, 6.07) is 0.642. The summed E-state index contributed by atoms with van der Waals surface area (Å²) in [5.74, 6) is 2.17. The van der Waals surface area contributed by atoms with E-state index in [4.69, 9.17) is 23.2 Å². The van der Waals surface area contributed by atoms with Crippen LogP contribution in [0.4, 0.5) is 5.82 Å². The van der Waals surface area contributed by atoms with E-state index in [0.29, 0.717) is 17.1 Å². The molecule has 2 aliphatic rings. The van der Waals surface area contributed by atoms with Gasteiger partial charge in [0.25, 0.3) is 0 Å². The quantitative estimate of drug-likeness (QED) is 0.608. The standard InChI is InChI=1S/C12H15Cl2N3/c13-5-10-11(14)15-7-16-12(10)17(9-3-4-9)6-8-1-2-8/h7-9H,1-6H2. The molecule has 0 amide bonds. The van der Waals surface area contributed by atoms with Crippen LogP contribution in [-0.4, -0.2) is 22.6 Å². The highest BCUT2D eigenvalue weighted by molar-refractivity contribution is 6.31. The van der Waals surface area contributed by atoms with Gasteiger partial charge in [0.15, 0.2) is 0 Å². The Hall–Kier alpha value is -0.540. The van der Waals surface area contributed by atoms with Gasteiger partial charge in [0.05, 0.1) is 5.88 Å². The lowest BCUT2D eigenvalue weighted by Crippen LogP contribution is -2.30. The van der Waals surface area contributed by atoms with Crippen LogP contribution in [0.15, 0.2) is 6.33 Å². The third-order valence-electron chi connectivity index (χ3n) is 3.42. The zero-order valence-corrected chi connectivity index (χ0v) is 11.1. The van der Waals surface area contributed by atoms with Crippen molar-refractivity contribution in [1.82, 2.24) is 9.97 Å². The summed E-state index contributed by atoms with van der Waals surface area (Å²) >= 11 is 12.1. The van der Waals surface area contributed by atoms with Gasteiger partial charge >= 0.3 is 0 Å². The van der Waals surface area contributed by atoms with Crippen molar-refractivity contribution in [2.75, 3.05) is 11.4 Å². The Morgan fingerprint density at radius 3 is 2.59 bits per heavy atom. The first-order chi connectivity index (χ1) is 8.29. The number of hydrogen-bond acceptors (Lipinski definition) is 3. The van der Waals surface area contributed by atoms with Crippen molar-refractivity contribution < 1.29 is 0 Å². The first kappa shape index (κ1) is 11.5. The maximum atomic E-state index is 6.09. The smallest absolute Gasteiger partial charge is 0.138 e. The van der Waals surface area contributed by atoms with Gasteiger partial charge in [0.2, 0.25) is 0 Å². The number of anilines is 1. The number of aromatic nitrogens is 2. The summed E-state index contributed by atoms with van der Waals surface area (Å²) in [6.45, 7) is 1.10. The molecule has 0 bridgehead atoms. The number of alkyl halides is 1. The second-order valence-corrected chi connectivity index (χ2v) is 5.55. The van der Waals surface area contributed by atoms with E-state index >= 15 is 0 Å². The van der Waals surface area contributed by atoms with Crippen LogP contribution in [0.3, 0.4) is 0 Å². The number of halogens is 2. The zero-order valence-electron chi connectivity index (χ0n) is 9.57. The Balaban J connectivity index is 1.90. The molecule has 5 heteroatoms. The molecule has 2 saturated carbocycles. The molecule has 1 aromatic rings. The molecule has 92 valence electrons. The van der Waals surface area contributed by atoms with Gasteiger partial charge in [-0.15, -0.1) is 11.6 Å². The highest BCUT2D eigenvalue weighted by atomic mass is 35.5. The van der Waals surface area contributed by atoms with Crippen molar-refractivity contribution in [3.63, 3.8) is 0 Å². The van der Waals surface area contributed by atoms with Gasteiger partial charge in [-0.3, -0.25) is 0 Å². The summed E-state index contributed by atoms with van der Waals surface area (Å²) in [5.41, 5.74) is 0.878. The van der Waals surface area contributed by atoms with E-state index in [9.17, 15) is 0 Å². The molecule has 1 heterocycles. The van der Waals surface area contributed by atoms with E-state index in [1.165, 1.54) is 32.0 Å². The molecule has 1 aromatic heterocycles. The fraction of sp³-hybridized carbons (Fsp3) is 0.667. The monoisotopic (exact) mass is 271 g/mol. The van der Waals surface area contributed by atoms with Crippen molar-refractivity contribution in [3.05, 3.63) is 17.0 Å². The van der Waals surface area contributed by atoms with Crippen molar-refractivity contribution >= 4 is 29.0 Å². The van der Waals surface area contributed by atoms with Crippen LogP contribution in [-0.2, 0) is 5.88 Å². The van der Waals surface area contributed by atoms with Crippen molar-refractivity contribution in [1.29, 1.82) is 0 Å². The summed E-state index contributed by atoms with van der Waals surface area (Å²) in [4.78, 5) is 10.8. The molecule has 2 aliphatic carbocycles. The van der Waals surface area contributed by atoms with Crippen LogP contribution >= 0.6 is 23.2 Å². The average molecular weight is 272 g/mol. The summed E-state index contributed by atoms with van der Waals surface area (Å²) in [7, 11) is 0. The molecule has 3 rings (SSSR count). The van der Waals surface area contributed by atoms with Crippen LogP contribution < -0.4 is 4.90 Å². The normalized spacial score (nSPS) is 19.4. The van der Waals surface area contributed by atoms with Crippen LogP contribution in [0, 0.1) is 5.92 Å². The maximum Gasteiger partial charge on any atom is 0.138 e. The summed E-state index contributed by atoms with van der Waals surface area (Å²) < 4.78 is 0. The first-order valence-electron chi connectivity index (χ1n) is 6.11. The van der Waals surface area contributed by atoms with Gasteiger partial charge in [-0.05, 0) is 31.6 Å². The minimum atomic E-state index is 0.378. The van der Waals surface area contributed by atoms with E-state index in [1.807, 2.05) is 0 Å². The predicted octanol–water partition coefficient (Wildman–Crippen LogP) is 3.25. The van der Waals surface area contributed by atoms with E-state index in [2.05, 4.69) is 14.9 Å². The summed E-state index contributed by atoms with van der Waals surface area (Å²) in [5, 5.41) is 0.492. The van der Waals surface area contributed by atoms with Gasteiger partial charge in [0.1, 0.15) is 17.3 Å². The van der Waals surface area contributed by atoms with E-state index in [1.54, 1.807) is 0 Å². The van der Waals surface area contributed by atoms with Crippen LogP contribution in [0.5, 0.6) is 0 Å². The SMILES string of the molecule is ClCc1c(Cl)ncnc1N(CC1CC1)C1CC1. The van der Waals surface area contributed by atoms with Crippen LogP contribution in [0.1, 0.15) is 31.2 Å². The molecule has 3 nitrogen and oxygen atoms in total. The Morgan fingerprint density at radius 2 is 2.00 bits per heavy atom. The average Bonchev–Trinajstić information content (AvgIpc) is 3.17. The first-order valence-corrected chi connectivity index (χ1v) is 7.03. The Kier molecular flexibility index (Phi) is 3.14. The lowest BCUT2D eigenvalue weighted by Gasteiger charge is -2.25. The Morgan fingerprint density at radius 1 is 1.24 bits per heavy atom. The zero-order chi connectivity index (χ0) is 11.8. The van der Waals surface area contributed by atoms with Crippen molar-refractivity contribution in [2.24, 2.45) is 5.92 Å². The van der Waals surface area contributed by atoms with Gasteiger partial charge in [0, 0.05) is 18.2 Å². The third-order valence-corrected chi connectivity index (χ3v) is 4.01. The number of hydrogen-bond donors (Lipinski definition) is 0. The van der Waals surface area contributed by atoms with Crippen molar-refractivity contribution in [3.8, 4) is 0 Å². The second-order valence-electron chi connectivity index (χ2n) is 4.93. The lowest BCUT2D eigenvalue weighted by atomic mass is 10.2.